The maximum absolute atomic E-state index is 12.1. The fraction of sp³-hybridized carbons (Fsp3) is 0.833. The summed E-state index contributed by atoms with van der Waals surface area (Å²) in [5.41, 5.74) is 0. The molecule has 1 aliphatic heterocycles. The number of nitrogens with zero attached hydrogens (tertiary/aromatic N) is 1. The highest BCUT2D eigenvalue weighted by Crippen LogP contribution is 2.07. The molecule has 1 saturated heterocycles. The second-order valence-electron chi connectivity index (χ2n) is 4.83. The molecule has 7 nitrogen and oxygen atoms in total. The van der Waals surface area contributed by atoms with E-state index in [1.54, 1.807) is 6.92 Å². The molecule has 0 aliphatic carbocycles. The van der Waals surface area contributed by atoms with Crippen molar-refractivity contribution in [3.63, 3.8) is 0 Å². The molecular formula is C12H23N3O4S. The van der Waals surface area contributed by atoms with Gasteiger partial charge in [-0.1, -0.05) is 0 Å². The molecule has 116 valence electrons. The van der Waals surface area contributed by atoms with Crippen LogP contribution in [0.3, 0.4) is 0 Å². The van der Waals surface area contributed by atoms with E-state index >= 15 is 0 Å². The predicted octanol–water partition coefficient (Wildman–Crippen LogP) is -1.25. The molecule has 2 N–H and O–H groups in total. The molecule has 0 saturated carbocycles. The number of hydrogen-bond acceptors (Lipinski definition) is 5. The zero-order valence-electron chi connectivity index (χ0n) is 12.0. The number of carbonyl (C=O) groups excluding carboxylic acids is 2. The van der Waals surface area contributed by atoms with E-state index in [1.165, 1.54) is 4.90 Å². The number of rotatable bonds is 6. The van der Waals surface area contributed by atoms with Crippen molar-refractivity contribution in [2.24, 2.45) is 0 Å². The van der Waals surface area contributed by atoms with Crippen LogP contribution in [0.15, 0.2) is 0 Å². The van der Waals surface area contributed by atoms with Gasteiger partial charge in [0.2, 0.25) is 11.8 Å². The Balaban J connectivity index is 2.52. The summed E-state index contributed by atoms with van der Waals surface area (Å²) in [6.45, 7) is 4.95. The molecule has 1 atom stereocenters. The first-order valence-electron chi connectivity index (χ1n) is 6.86. The second-order valence-corrected chi connectivity index (χ2v) is 7.06. The lowest BCUT2D eigenvalue weighted by molar-refractivity contribution is -0.136. The van der Waals surface area contributed by atoms with E-state index in [2.05, 4.69) is 10.6 Å². The smallest absolute Gasteiger partial charge is 0.239 e. The minimum atomic E-state index is -3.05. The second kappa shape index (κ2) is 7.58. The summed E-state index contributed by atoms with van der Waals surface area (Å²) in [4.78, 5) is 25.0. The Hall–Kier alpha value is -1.15. The largest absolute Gasteiger partial charge is 0.355 e. The van der Waals surface area contributed by atoms with Gasteiger partial charge in [0, 0.05) is 32.1 Å². The van der Waals surface area contributed by atoms with Gasteiger partial charge in [-0.05, 0) is 13.8 Å². The van der Waals surface area contributed by atoms with Gasteiger partial charge in [-0.15, -0.1) is 0 Å². The van der Waals surface area contributed by atoms with Crippen molar-refractivity contribution in [3.05, 3.63) is 0 Å². The molecule has 1 rings (SSSR count). The molecule has 0 bridgehead atoms. The molecule has 0 spiro atoms. The number of nitrogens with one attached hydrogen (secondary N) is 2. The van der Waals surface area contributed by atoms with E-state index in [0.717, 1.165) is 0 Å². The highest BCUT2D eigenvalue weighted by molar-refractivity contribution is 7.91. The van der Waals surface area contributed by atoms with Crippen LogP contribution >= 0.6 is 0 Å². The molecule has 0 aromatic carbocycles. The first-order valence-corrected chi connectivity index (χ1v) is 8.68. The van der Waals surface area contributed by atoms with Gasteiger partial charge in [-0.25, -0.2) is 8.42 Å². The Labute approximate surface area is 120 Å². The Kier molecular flexibility index (Phi) is 6.41. The lowest BCUT2D eigenvalue weighted by atomic mass is 10.2. The zero-order valence-corrected chi connectivity index (χ0v) is 12.8. The lowest BCUT2D eigenvalue weighted by Gasteiger charge is -2.26. The third-order valence-electron chi connectivity index (χ3n) is 3.17. The van der Waals surface area contributed by atoms with E-state index in [4.69, 9.17) is 0 Å². The standard InChI is InChI=1S/C12H23N3O4S/c1-3-13-11(16)8-15(4-2)12(17)7-10-9-20(18,19)6-5-14-10/h10,14H,3-9H2,1-2H3,(H,13,16). The van der Waals surface area contributed by atoms with Gasteiger partial charge in [0.05, 0.1) is 18.1 Å². The van der Waals surface area contributed by atoms with Crippen LogP contribution in [0.2, 0.25) is 0 Å². The summed E-state index contributed by atoms with van der Waals surface area (Å²) in [5, 5.41) is 5.67. The summed E-state index contributed by atoms with van der Waals surface area (Å²) < 4.78 is 23.0. The SMILES string of the molecule is CCNC(=O)CN(CC)C(=O)CC1CS(=O)(=O)CCN1. The maximum atomic E-state index is 12.1. The van der Waals surface area contributed by atoms with Crippen LogP contribution < -0.4 is 10.6 Å². The van der Waals surface area contributed by atoms with Gasteiger partial charge in [0.15, 0.2) is 9.84 Å². The number of hydrogen-bond donors (Lipinski definition) is 2. The molecular weight excluding hydrogens is 282 g/mol. The quantitative estimate of drug-likeness (QED) is 0.639. The Morgan fingerprint density at radius 2 is 2.05 bits per heavy atom. The summed E-state index contributed by atoms with van der Waals surface area (Å²) >= 11 is 0. The lowest BCUT2D eigenvalue weighted by Crippen LogP contribution is -2.49. The Morgan fingerprint density at radius 3 is 2.60 bits per heavy atom. The van der Waals surface area contributed by atoms with Crippen LogP contribution in [-0.4, -0.2) is 68.9 Å². The van der Waals surface area contributed by atoms with E-state index in [9.17, 15) is 18.0 Å². The Bertz CT molecular complexity index is 450. The average molecular weight is 305 g/mol. The van der Waals surface area contributed by atoms with Gasteiger partial charge in [-0.3, -0.25) is 9.59 Å². The fourth-order valence-electron chi connectivity index (χ4n) is 2.14. The van der Waals surface area contributed by atoms with Crippen molar-refractivity contribution in [2.75, 3.05) is 37.7 Å². The minimum absolute atomic E-state index is 0.0164. The highest BCUT2D eigenvalue weighted by Gasteiger charge is 2.27. The third kappa shape index (κ3) is 5.46. The first kappa shape index (κ1) is 16.9. The van der Waals surface area contributed by atoms with Crippen LogP contribution in [0, 0.1) is 0 Å². The van der Waals surface area contributed by atoms with Crippen molar-refractivity contribution >= 4 is 21.7 Å². The van der Waals surface area contributed by atoms with Crippen LogP contribution in [0.25, 0.3) is 0 Å². The monoisotopic (exact) mass is 305 g/mol. The molecule has 1 aliphatic rings. The summed E-state index contributed by atoms with van der Waals surface area (Å²) in [6, 6.07) is -0.357. The zero-order chi connectivity index (χ0) is 15.2. The van der Waals surface area contributed by atoms with Crippen molar-refractivity contribution < 1.29 is 18.0 Å². The van der Waals surface area contributed by atoms with Crippen molar-refractivity contribution in [1.82, 2.24) is 15.5 Å². The van der Waals surface area contributed by atoms with Crippen LogP contribution in [0.4, 0.5) is 0 Å². The van der Waals surface area contributed by atoms with Crippen molar-refractivity contribution in [3.8, 4) is 0 Å². The summed E-state index contributed by atoms with van der Waals surface area (Å²) in [7, 11) is -3.05. The summed E-state index contributed by atoms with van der Waals surface area (Å²) in [5.74, 6) is -0.300. The molecule has 1 heterocycles. The highest BCUT2D eigenvalue weighted by atomic mass is 32.2. The fourth-order valence-corrected chi connectivity index (χ4v) is 3.59. The molecule has 1 unspecified atom stereocenters. The van der Waals surface area contributed by atoms with Crippen LogP contribution in [0.5, 0.6) is 0 Å². The Morgan fingerprint density at radius 1 is 1.35 bits per heavy atom. The third-order valence-corrected chi connectivity index (χ3v) is 4.90. The molecule has 20 heavy (non-hydrogen) atoms. The average Bonchev–Trinajstić information content (AvgIpc) is 2.34. The van der Waals surface area contributed by atoms with Crippen molar-refractivity contribution in [1.29, 1.82) is 0 Å². The van der Waals surface area contributed by atoms with Gasteiger partial charge >= 0.3 is 0 Å². The number of amides is 2. The molecule has 0 aromatic heterocycles. The van der Waals surface area contributed by atoms with Gasteiger partial charge < -0.3 is 15.5 Å². The predicted molar refractivity (Wildman–Crippen MR) is 76.0 cm³/mol. The number of carbonyl (C=O) groups is 2. The van der Waals surface area contributed by atoms with Crippen LogP contribution in [0.1, 0.15) is 20.3 Å². The first-order chi connectivity index (χ1) is 9.38. The minimum Gasteiger partial charge on any atom is -0.355 e. The number of sulfone groups is 1. The van der Waals surface area contributed by atoms with Gasteiger partial charge in [0.25, 0.3) is 0 Å². The number of likely N-dealkylation sites (N-methyl/N-ethyl adjacent to an activating group) is 2. The van der Waals surface area contributed by atoms with Crippen LogP contribution in [-0.2, 0) is 19.4 Å². The van der Waals surface area contributed by atoms with Crippen molar-refractivity contribution in [2.45, 2.75) is 26.3 Å². The molecule has 2 amide bonds. The molecule has 8 heteroatoms. The topological polar surface area (TPSA) is 95.6 Å². The van der Waals surface area contributed by atoms with E-state index in [0.29, 0.717) is 19.6 Å². The molecule has 1 fully saturated rings. The molecule has 0 radical (unpaired) electrons. The maximum Gasteiger partial charge on any atom is 0.239 e. The molecule has 0 aromatic rings. The van der Waals surface area contributed by atoms with E-state index in [-0.39, 0.29) is 42.3 Å². The van der Waals surface area contributed by atoms with E-state index in [1.807, 2.05) is 6.92 Å². The van der Waals surface area contributed by atoms with Gasteiger partial charge in [0.1, 0.15) is 0 Å². The summed E-state index contributed by atoms with van der Waals surface area (Å²) in [6.07, 6.45) is 0.104. The van der Waals surface area contributed by atoms with Gasteiger partial charge in [-0.2, -0.15) is 0 Å². The normalized spacial score (nSPS) is 21.2. The van der Waals surface area contributed by atoms with E-state index < -0.39 is 9.84 Å².